The fraction of sp³-hybridized carbons (Fsp3) is 0.316. The fourth-order valence-corrected chi connectivity index (χ4v) is 2.55. The number of carbonyl (C=O) groups excluding carboxylic acids is 1. The van der Waals surface area contributed by atoms with E-state index in [1.54, 1.807) is 19.1 Å². The number of rotatable bonds is 7. The van der Waals surface area contributed by atoms with Gasteiger partial charge < -0.3 is 9.47 Å². The van der Waals surface area contributed by atoms with Gasteiger partial charge in [-0.25, -0.2) is 4.79 Å². The van der Waals surface area contributed by atoms with E-state index in [1.165, 1.54) is 0 Å². The van der Waals surface area contributed by atoms with Crippen molar-refractivity contribution in [2.45, 2.75) is 32.8 Å². The Labute approximate surface area is 145 Å². The maximum Gasteiger partial charge on any atom is 0.338 e. The fourth-order valence-electron chi connectivity index (χ4n) is 2.28. The smallest absolute Gasteiger partial charge is 0.338 e. The van der Waals surface area contributed by atoms with Crippen molar-refractivity contribution in [2.24, 2.45) is 0 Å². The van der Waals surface area contributed by atoms with Crippen molar-refractivity contribution >= 4 is 21.9 Å². The van der Waals surface area contributed by atoms with Crippen LogP contribution in [0.5, 0.6) is 5.75 Å². The van der Waals surface area contributed by atoms with Crippen LogP contribution in [0.2, 0.25) is 0 Å². The molecular weight excluding hydrogens is 356 g/mol. The average molecular weight is 377 g/mol. The van der Waals surface area contributed by atoms with Crippen molar-refractivity contribution in [3.8, 4) is 5.75 Å². The van der Waals surface area contributed by atoms with Gasteiger partial charge in [0.15, 0.2) is 0 Å². The van der Waals surface area contributed by atoms with E-state index in [9.17, 15) is 4.79 Å². The summed E-state index contributed by atoms with van der Waals surface area (Å²) in [5.41, 5.74) is 1.62. The summed E-state index contributed by atoms with van der Waals surface area (Å²) in [6.45, 7) is 4.31. The first kappa shape index (κ1) is 17.5. The first-order valence-electron chi connectivity index (χ1n) is 7.83. The van der Waals surface area contributed by atoms with Crippen LogP contribution in [0.15, 0.2) is 53.0 Å². The third-order valence-electron chi connectivity index (χ3n) is 3.44. The van der Waals surface area contributed by atoms with Gasteiger partial charge in [0.05, 0.1) is 12.2 Å². The summed E-state index contributed by atoms with van der Waals surface area (Å²) in [4.78, 5) is 11.7. The first-order chi connectivity index (χ1) is 11.1. The highest BCUT2D eigenvalue weighted by Gasteiger charge is 2.14. The van der Waals surface area contributed by atoms with Gasteiger partial charge in [-0.1, -0.05) is 41.4 Å². The van der Waals surface area contributed by atoms with Gasteiger partial charge in [-0.15, -0.1) is 0 Å². The Morgan fingerprint density at radius 3 is 2.26 bits per heavy atom. The van der Waals surface area contributed by atoms with E-state index >= 15 is 0 Å². The van der Waals surface area contributed by atoms with E-state index in [2.05, 4.69) is 22.9 Å². The zero-order chi connectivity index (χ0) is 16.7. The summed E-state index contributed by atoms with van der Waals surface area (Å²) in [7, 11) is 0. The quantitative estimate of drug-likeness (QED) is 0.594. The predicted molar refractivity (Wildman–Crippen MR) is 94.8 cm³/mol. The third kappa shape index (κ3) is 5.10. The summed E-state index contributed by atoms with van der Waals surface area (Å²) in [6, 6.07) is 15.3. The molecular formula is C19H21BrO3. The molecule has 3 nitrogen and oxygen atoms in total. The molecule has 0 aliphatic heterocycles. The number of esters is 1. The highest BCUT2D eigenvalue weighted by atomic mass is 79.9. The molecule has 0 aliphatic carbocycles. The second-order valence-corrected chi connectivity index (χ2v) is 6.11. The van der Waals surface area contributed by atoms with Gasteiger partial charge in [-0.05, 0) is 55.3 Å². The van der Waals surface area contributed by atoms with Crippen molar-refractivity contribution in [3.63, 3.8) is 0 Å². The van der Waals surface area contributed by atoms with Gasteiger partial charge in [-0.3, -0.25) is 0 Å². The van der Waals surface area contributed by atoms with Crippen molar-refractivity contribution in [3.05, 3.63) is 64.1 Å². The minimum absolute atomic E-state index is 0.0302. The van der Waals surface area contributed by atoms with Gasteiger partial charge in [0.1, 0.15) is 11.9 Å². The van der Waals surface area contributed by atoms with Crippen LogP contribution in [-0.2, 0) is 4.74 Å². The Morgan fingerprint density at radius 1 is 1.04 bits per heavy atom. The zero-order valence-corrected chi connectivity index (χ0v) is 15.0. The maximum atomic E-state index is 11.7. The highest BCUT2D eigenvalue weighted by molar-refractivity contribution is 9.10. The normalized spacial score (nSPS) is 11.8. The minimum atomic E-state index is -0.292. The topological polar surface area (TPSA) is 35.5 Å². The lowest BCUT2D eigenvalue weighted by atomic mass is 10.0. The third-order valence-corrected chi connectivity index (χ3v) is 3.97. The predicted octanol–water partition coefficient (Wildman–Crippen LogP) is 5.55. The van der Waals surface area contributed by atoms with E-state index in [1.807, 2.05) is 36.4 Å². The molecule has 122 valence electrons. The van der Waals surface area contributed by atoms with E-state index in [0.29, 0.717) is 12.2 Å². The molecule has 0 unspecified atom stereocenters. The van der Waals surface area contributed by atoms with Crippen LogP contribution >= 0.6 is 15.9 Å². The molecule has 2 aromatic rings. The van der Waals surface area contributed by atoms with Crippen molar-refractivity contribution in [2.75, 3.05) is 6.61 Å². The van der Waals surface area contributed by atoms with E-state index in [-0.39, 0.29) is 12.1 Å². The van der Waals surface area contributed by atoms with Gasteiger partial charge in [0.25, 0.3) is 0 Å². The van der Waals surface area contributed by atoms with Crippen LogP contribution in [0.25, 0.3) is 0 Å². The van der Waals surface area contributed by atoms with Crippen LogP contribution in [0.1, 0.15) is 48.7 Å². The molecule has 0 fully saturated rings. The first-order valence-corrected chi connectivity index (χ1v) is 8.62. The lowest BCUT2D eigenvalue weighted by Gasteiger charge is -2.19. The molecule has 0 amide bonds. The lowest BCUT2D eigenvalue weighted by molar-refractivity contribution is 0.0526. The highest BCUT2D eigenvalue weighted by Crippen LogP contribution is 2.27. The van der Waals surface area contributed by atoms with Crippen molar-refractivity contribution in [1.82, 2.24) is 0 Å². The molecule has 2 aromatic carbocycles. The summed E-state index contributed by atoms with van der Waals surface area (Å²) in [5.74, 6) is 0.543. The monoisotopic (exact) mass is 376 g/mol. The lowest BCUT2D eigenvalue weighted by Crippen LogP contribution is -2.09. The molecule has 2 rings (SSSR count). The van der Waals surface area contributed by atoms with Crippen LogP contribution < -0.4 is 4.74 Å². The molecule has 23 heavy (non-hydrogen) atoms. The van der Waals surface area contributed by atoms with Crippen LogP contribution in [0.3, 0.4) is 0 Å². The van der Waals surface area contributed by atoms with E-state index in [0.717, 1.165) is 28.6 Å². The second-order valence-electron chi connectivity index (χ2n) is 5.19. The van der Waals surface area contributed by atoms with Crippen LogP contribution in [0.4, 0.5) is 0 Å². The number of hydrogen-bond donors (Lipinski definition) is 0. The molecule has 0 saturated carbocycles. The number of ether oxygens (including phenoxy) is 2. The molecule has 0 aliphatic rings. The molecule has 0 saturated heterocycles. The minimum Gasteiger partial charge on any atom is -0.486 e. The zero-order valence-electron chi connectivity index (χ0n) is 13.4. The molecule has 0 heterocycles. The molecule has 4 heteroatoms. The van der Waals surface area contributed by atoms with Crippen molar-refractivity contribution in [1.29, 1.82) is 0 Å². The van der Waals surface area contributed by atoms with Crippen molar-refractivity contribution < 1.29 is 14.3 Å². The Bertz CT molecular complexity index is 620. The Hall–Kier alpha value is -1.81. The Kier molecular flexibility index (Phi) is 6.66. The SMILES string of the molecule is CCC[C@H](Oc1ccc(Br)cc1)c1ccc(C(=O)OCC)cc1. The molecule has 0 spiro atoms. The molecule has 0 N–H and O–H groups in total. The summed E-state index contributed by atoms with van der Waals surface area (Å²) in [6.07, 6.45) is 1.90. The average Bonchev–Trinajstić information content (AvgIpc) is 2.57. The van der Waals surface area contributed by atoms with Gasteiger partial charge in [-0.2, -0.15) is 0 Å². The molecule has 0 bridgehead atoms. The Balaban J connectivity index is 2.13. The van der Waals surface area contributed by atoms with Crippen LogP contribution in [-0.4, -0.2) is 12.6 Å². The second kappa shape index (κ2) is 8.73. The Morgan fingerprint density at radius 2 is 1.70 bits per heavy atom. The molecule has 0 aromatic heterocycles. The van der Waals surface area contributed by atoms with Gasteiger partial charge in [0, 0.05) is 4.47 Å². The number of halogens is 1. The summed E-state index contributed by atoms with van der Waals surface area (Å²) < 4.78 is 12.1. The van der Waals surface area contributed by atoms with Crippen LogP contribution in [0, 0.1) is 0 Å². The maximum absolute atomic E-state index is 11.7. The standard InChI is InChI=1S/C19H21BrO3/c1-3-5-18(23-17-12-10-16(20)11-13-17)14-6-8-15(9-7-14)19(21)22-4-2/h6-13,18H,3-5H2,1-2H3/t18-/m0/s1. The van der Waals surface area contributed by atoms with E-state index in [4.69, 9.17) is 9.47 Å². The largest absolute Gasteiger partial charge is 0.486 e. The van der Waals surface area contributed by atoms with Gasteiger partial charge >= 0.3 is 5.97 Å². The van der Waals surface area contributed by atoms with E-state index < -0.39 is 0 Å². The molecule has 0 radical (unpaired) electrons. The van der Waals surface area contributed by atoms with Gasteiger partial charge in [0.2, 0.25) is 0 Å². The number of carbonyl (C=O) groups is 1. The summed E-state index contributed by atoms with van der Waals surface area (Å²) >= 11 is 3.42. The number of benzene rings is 2. The summed E-state index contributed by atoms with van der Waals surface area (Å²) in [5, 5.41) is 0. The molecule has 1 atom stereocenters. The number of hydrogen-bond acceptors (Lipinski definition) is 3.